The van der Waals surface area contributed by atoms with Crippen LogP contribution in [0.2, 0.25) is 0 Å². The number of ether oxygens (including phenoxy) is 1. The van der Waals surface area contributed by atoms with Gasteiger partial charge in [-0.1, -0.05) is 48.5 Å². The molecule has 4 aromatic rings. The SMILES string of the molecule is N#Cc1ccc(COC(=O)c2nn(-c3ccccc3)c(=O)c3ccccc23)cc1. The van der Waals surface area contributed by atoms with E-state index in [1.54, 1.807) is 72.8 Å². The van der Waals surface area contributed by atoms with Gasteiger partial charge in [0.05, 0.1) is 22.7 Å². The van der Waals surface area contributed by atoms with Crippen molar-refractivity contribution in [3.05, 3.63) is 106 Å². The summed E-state index contributed by atoms with van der Waals surface area (Å²) in [5, 5.41) is 14.0. The first-order valence-electron chi connectivity index (χ1n) is 8.91. The summed E-state index contributed by atoms with van der Waals surface area (Å²) >= 11 is 0. The number of carbonyl (C=O) groups excluding carboxylic acids is 1. The van der Waals surface area contributed by atoms with E-state index >= 15 is 0 Å². The Bertz CT molecular complexity index is 1290. The molecule has 0 radical (unpaired) electrons. The van der Waals surface area contributed by atoms with Gasteiger partial charge >= 0.3 is 5.97 Å². The molecule has 1 heterocycles. The van der Waals surface area contributed by atoms with Crippen LogP contribution in [0.25, 0.3) is 16.5 Å². The minimum absolute atomic E-state index is 0.0328. The summed E-state index contributed by atoms with van der Waals surface area (Å²) < 4.78 is 6.64. The second-order valence-corrected chi connectivity index (χ2v) is 6.33. The average molecular weight is 381 g/mol. The number of hydrogen-bond donors (Lipinski definition) is 0. The molecule has 6 nitrogen and oxygen atoms in total. The number of rotatable bonds is 4. The van der Waals surface area contributed by atoms with Crippen molar-refractivity contribution in [2.45, 2.75) is 6.61 Å². The normalized spacial score (nSPS) is 10.4. The van der Waals surface area contributed by atoms with Crippen molar-refractivity contribution in [1.82, 2.24) is 9.78 Å². The molecule has 0 fully saturated rings. The van der Waals surface area contributed by atoms with Crippen LogP contribution >= 0.6 is 0 Å². The van der Waals surface area contributed by atoms with E-state index < -0.39 is 5.97 Å². The van der Waals surface area contributed by atoms with Crippen LogP contribution in [0.5, 0.6) is 0 Å². The van der Waals surface area contributed by atoms with Crippen molar-refractivity contribution in [2.24, 2.45) is 0 Å². The molecule has 3 aromatic carbocycles. The Balaban J connectivity index is 1.72. The predicted octanol–water partition coefficient (Wildman–Crippen LogP) is 3.61. The number of fused-ring (bicyclic) bond motifs is 1. The Labute approximate surface area is 166 Å². The summed E-state index contributed by atoms with van der Waals surface area (Å²) in [6.07, 6.45) is 0. The van der Waals surface area contributed by atoms with Gasteiger partial charge in [-0.15, -0.1) is 0 Å². The molecule has 0 aliphatic carbocycles. The molecule has 140 valence electrons. The molecule has 29 heavy (non-hydrogen) atoms. The molecule has 0 amide bonds. The van der Waals surface area contributed by atoms with Crippen LogP contribution in [0.15, 0.2) is 83.7 Å². The highest BCUT2D eigenvalue weighted by Crippen LogP contribution is 2.17. The number of benzene rings is 3. The molecule has 0 spiro atoms. The molecular weight excluding hydrogens is 366 g/mol. The summed E-state index contributed by atoms with van der Waals surface area (Å²) in [6.45, 7) is 0.0328. The first-order chi connectivity index (χ1) is 14.2. The summed E-state index contributed by atoms with van der Waals surface area (Å²) in [7, 11) is 0. The van der Waals surface area contributed by atoms with Crippen molar-refractivity contribution in [1.29, 1.82) is 5.26 Å². The second-order valence-electron chi connectivity index (χ2n) is 6.33. The molecule has 0 saturated heterocycles. The number of para-hydroxylation sites is 1. The first-order valence-corrected chi connectivity index (χ1v) is 8.91. The minimum Gasteiger partial charge on any atom is -0.456 e. The van der Waals surface area contributed by atoms with Gasteiger partial charge in [-0.2, -0.15) is 15.0 Å². The van der Waals surface area contributed by atoms with Gasteiger partial charge in [-0.3, -0.25) is 4.79 Å². The van der Waals surface area contributed by atoms with Crippen LogP contribution in [0.3, 0.4) is 0 Å². The predicted molar refractivity (Wildman–Crippen MR) is 108 cm³/mol. The molecule has 0 N–H and O–H groups in total. The standard InChI is InChI=1S/C23H15N3O3/c24-14-16-10-12-17(13-11-16)15-29-23(28)21-19-8-4-5-9-20(19)22(27)26(25-21)18-6-2-1-3-7-18/h1-13H,15H2. The lowest BCUT2D eigenvalue weighted by molar-refractivity contribution is 0.0466. The van der Waals surface area contributed by atoms with Gasteiger partial charge in [0.1, 0.15) is 6.61 Å². The number of hydrogen-bond acceptors (Lipinski definition) is 5. The quantitative estimate of drug-likeness (QED) is 0.504. The third kappa shape index (κ3) is 3.62. The average Bonchev–Trinajstić information content (AvgIpc) is 2.79. The van der Waals surface area contributed by atoms with Crippen molar-refractivity contribution in [3.63, 3.8) is 0 Å². The van der Waals surface area contributed by atoms with Crippen LogP contribution in [0.4, 0.5) is 0 Å². The maximum atomic E-state index is 12.9. The number of aromatic nitrogens is 2. The van der Waals surface area contributed by atoms with Crippen LogP contribution in [0.1, 0.15) is 21.6 Å². The third-order valence-electron chi connectivity index (χ3n) is 4.45. The van der Waals surface area contributed by atoms with E-state index in [2.05, 4.69) is 5.10 Å². The van der Waals surface area contributed by atoms with E-state index in [-0.39, 0.29) is 17.9 Å². The zero-order chi connectivity index (χ0) is 20.2. The molecular formula is C23H15N3O3. The van der Waals surface area contributed by atoms with Gasteiger partial charge in [0, 0.05) is 5.39 Å². The van der Waals surface area contributed by atoms with Gasteiger partial charge in [-0.25, -0.2) is 4.79 Å². The number of esters is 1. The highest BCUT2D eigenvalue weighted by Gasteiger charge is 2.18. The summed E-state index contributed by atoms with van der Waals surface area (Å²) in [6, 6.07) is 24.5. The van der Waals surface area contributed by atoms with Gasteiger partial charge in [0.25, 0.3) is 5.56 Å². The van der Waals surface area contributed by atoms with E-state index in [1.807, 2.05) is 12.1 Å². The van der Waals surface area contributed by atoms with Gasteiger partial charge in [0.15, 0.2) is 5.69 Å². The Hall–Kier alpha value is -4.24. The van der Waals surface area contributed by atoms with E-state index in [0.29, 0.717) is 22.0 Å². The molecule has 0 bridgehead atoms. The fourth-order valence-corrected chi connectivity index (χ4v) is 2.98. The van der Waals surface area contributed by atoms with Crippen molar-refractivity contribution >= 4 is 16.7 Å². The number of nitriles is 1. The topological polar surface area (TPSA) is 85.0 Å². The fraction of sp³-hybridized carbons (Fsp3) is 0.0435. The van der Waals surface area contributed by atoms with E-state index in [4.69, 9.17) is 10.00 Å². The Morgan fingerprint density at radius 3 is 2.28 bits per heavy atom. The summed E-state index contributed by atoms with van der Waals surface area (Å²) in [5.41, 5.74) is 1.60. The second kappa shape index (κ2) is 7.79. The van der Waals surface area contributed by atoms with Gasteiger partial charge in [0.2, 0.25) is 0 Å². The molecule has 0 aliphatic rings. The molecule has 4 rings (SSSR count). The smallest absolute Gasteiger partial charge is 0.359 e. The van der Waals surface area contributed by atoms with Gasteiger partial charge in [-0.05, 0) is 35.9 Å². The van der Waals surface area contributed by atoms with Crippen molar-refractivity contribution < 1.29 is 9.53 Å². The van der Waals surface area contributed by atoms with Crippen LogP contribution in [-0.4, -0.2) is 15.7 Å². The first kappa shape index (κ1) is 18.1. The third-order valence-corrected chi connectivity index (χ3v) is 4.45. The molecule has 6 heteroatoms. The minimum atomic E-state index is -0.629. The molecule has 0 atom stereocenters. The van der Waals surface area contributed by atoms with Crippen molar-refractivity contribution in [3.8, 4) is 11.8 Å². The summed E-state index contributed by atoms with van der Waals surface area (Å²) in [4.78, 5) is 25.7. The largest absolute Gasteiger partial charge is 0.456 e. The molecule has 1 aromatic heterocycles. The lowest BCUT2D eigenvalue weighted by Gasteiger charge is -2.11. The lowest BCUT2D eigenvalue weighted by Crippen LogP contribution is -2.25. The molecule has 0 unspecified atom stereocenters. The van der Waals surface area contributed by atoms with Crippen LogP contribution < -0.4 is 5.56 Å². The maximum absolute atomic E-state index is 12.9. The number of carbonyl (C=O) groups is 1. The Kier molecular flexibility index (Phi) is 4.87. The molecule has 0 saturated carbocycles. The van der Waals surface area contributed by atoms with Gasteiger partial charge < -0.3 is 4.74 Å². The number of nitrogens with zero attached hydrogens (tertiary/aromatic N) is 3. The van der Waals surface area contributed by atoms with Crippen LogP contribution in [-0.2, 0) is 11.3 Å². The highest BCUT2D eigenvalue weighted by molar-refractivity contribution is 6.02. The van der Waals surface area contributed by atoms with E-state index in [1.165, 1.54) is 4.68 Å². The van der Waals surface area contributed by atoms with Crippen molar-refractivity contribution in [2.75, 3.05) is 0 Å². The highest BCUT2D eigenvalue weighted by atomic mass is 16.5. The molecule has 0 aliphatic heterocycles. The van der Waals surface area contributed by atoms with E-state index in [0.717, 1.165) is 5.56 Å². The van der Waals surface area contributed by atoms with Crippen LogP contribution in [0, 0.1) is 11.3 Å². The zero-order valence-corrected chi connectivity index (χ0v) is 15.3. The maximum Gasteiger partial charge on any atom is 0.359 e. The zero-order valence-electron chi connectivity index (χ0n) is 15.3. The Morgan fingerprint density at radius 2 is 1.59 bits per heavy atom. The Morgan fingerprint density at radius 1 is 0.931 bits per heavy atom. The summed E-state index contributed by atoms with van der Waals surface area (Å²) in [5.74, 6) is -0.629. The lowest BCUT2D eigenvalue weighted by atomic mass is 10.1. The van der Waals surface area contributed by atoms with E-state index in [9.17, 15) is 9.59 Å². The monoisotopic (exact) mass is 381 g/mol. The fourth-order valence-electron chi connectivity index (χ4n) is 2.98.